The summed E-state index contributed by atoms with van der Waals surface area (Å²) in [4.78, 5) is 3.99. The summed E-state index contributed by atoms with van der Waals surface area (Å²) in [5.74, 6) is 0.816. The molecule has 0 radical (unpaired) electrons. The molecule has 2 aromatic rings. The molecule has 1 aromatic carbocycles. The van der Waals surface area contributed by atoms with E-state index in [1.54, 1.807) is 19.6 Å². The molecule has 0 unspecified atom stereocenters. The number of para-hydroxylation sites is 1. The molecule has 1 heterocycles. The Hall–Kier alpha value is -2.03. The van der Waals surface area contributed by atoms with E-state index in [1.807, 2.05) is 35.0 Å². The van der Waals surface area contributed by atoms with Gasteiger partial charge in [-0.1, -0.05) is 18.7 Å². The highest BCUT2D eigenvalue weighted by molar-refractivity contribution is 5.68. The Kier molecular flexibility index (Phi) is 2.54. The molecule has 0 N–H and O–H groups in total. The lowest BCUT2D eigenvalue weighted by Crippen LogP contribution is -1.97. The van der Waals surface area contributed by atoms with Crippen molar-refractivity contribution in [2.24, 2.45) is 0 Å². The minimum Gasteiger partial charge on any atom is -0.496 e. The lowest BCUT2D eigenvalue weighted by Gasteiger charge is -2.10. The smallest absolute Gasteiger partial charge is 0.128 e. The molecular formula is C12H12N2O. The van der Waals surface area contributed by atoms with Crippen LogP contribution in [0.2, 0.25) is 0 Å². The Morgan fingerprint density at radius 3 is 2.87 bits per heavy atom. The van der Waals surface area contributed by atoms with Gasteiger partial charge in [0.1, 0.15) is 5.75 Å². The zero-order valence-electron chi connectivity index (χ0n) is 8.55. The Balaban J connectivity index is 2.42. The van der Waals surface area contributed by atoms with Crippen LogP contribution in [0.25, 0.3) is 5.70 Å². The summed E-state index contributed by atoms with van der Waals surface area (Å²) in [5.41, 5.74) is 1.82. The van der Waals surface area contributed by atoms with Gasteiger partial charge in [0.05, 0.1) is 19.1 Å². The van der Waals surface area contributed by atoms with Crippen molar-refractivity contribution < 1.29 is 4.74 Å². The monoisotopic (exact) mass is 200 g/mol. The first kappa shape index (κ1) is 9.52. The average Bonchev–Trinajstić information content (AvgIpc) is 2.81. The predicted octanol–water partition coefficient (Wildman–Crippen LogP) is 2.41. The van der Waals surface area contributed by atoms with E-state index in [9.17, 15) is 0 Å². The molecule has 0 aliphatic rings. The molecular weight excluding hydrogens is 188 g/mol. The minimum absolute atomic E-state index is 0.816. The van der Waals surface area contributed by atoms with Crippen LogP contribution in [0.3, 0.4) is 0 Å². The van der Waals surface area contributed by atoms with Crippen molar-refractivity contribution in [1.82, 2.24) is 9.55 Å². The summed E-state index contributed by atoms with van der Waals surface area (Å²) in [6.45, 7) is 4.02. The Bertz CT molecular complexity index is 460. The quantitative estimate of drug-likeness (QED) is 0.760. The summed E-state index contributed by atoms with van der Waals surface area (Å²) in [7, 11) is 1.65. The molecule has 3 heteroatoms. The van der Waals surface area contributed by atoms with Crippen LogP contribution in [0.1, 0.15) is 5.56 Å². The Labute approximate surface area is 88.6 Å². The van der Waals surface area contributed by atoms with Crippen molar-refractivity contribution in [3.63, 3.8) is 0 Å². The molecule has 0 bridgehead atoms. The molecule has 1 aromatic heterocycles. The van der Waals surface area contributed by atoms with Crippen LogP contribution in [0, 0.1) is 0 Å². The maximum absolute atomic E-state index is 5.27. The van der Waals surface area contributed by atoms with E-state index in [2.05, 4.69) is 11.6 Å². The molecule has 3 nitrogen and oxygen atoms in total. The summed E-state index contributed by atoms with van der Waals surface area (Å²) < 4.78 is 7.13. The van der Waals surface area contributed by atoms with Crippen LogP contribution in [0.4, 0.5) is 0 Å². The van der Waals surface area contributed by atoms with Gasteiger partial charge < -0.3 is 9.30 Å². The molecule has 2 rings (SSSR count). The molecule has 0 atom stereocenters. The van der Waals surface area contributed by atoms with Gasteiger partial charge in [0.2, 0.25) is 0 Å². The maximum Gasteiger partial charge on any atom is 0.128 e. The van der Waals surface area contributed by atoms with Crippen LogP contribution < -0.4 is 4.74 Å². The minimum atomic E-state index is 0.816. The van der Waals surface area contributed by atoms with Crippen LogP contribution in [0.5, 0.6) is 5.75 Å². The normalized spacial score (nSPS) is 9.93. The molecule has 0 spiro atoms. The van der Waals surface area contributed by atoms with Gasteiger partial charge >= 0.3 is 0 Å². The lowest BCUT2D eigenvalue weighted by molar-refractivity contribution is 0.413. The lowest BCUT2D eigenvalue weighted by atomic mass is 10.1. The number of aromatic nitrogens is 2. The fraction of sp³-hybridized carbons (Fsp3) is 0.0833. The van der Waals surface area contributed by atoms with E-state index in [0.717, 1.165) is 17.0 Å². The first-order valence-electron chi connectivity index (χ1n) is 4.63. The molecule has 0 saturated heterocycles. The van der Waals surface area contributed by atoms with Crippen molar-refractivity contribution in [3.8, 4) is 5.75 Å². The highest BCUT2D eigenvalue weighted by Gasteiger charge is 2.06. The average molecular weight is 200 g/mol. The van der Waals surface area contributed by atoms with E-state index >= 15 is 0 Å². The van der Waals surface area contributed by atoms with Gasteiger partial charge in [-0.05, 0) is 12.1 Å². The van der Waals surface area contributed by atoms with E-state index < -0.39 is 0 Å². The molecule has 15 heavy (non-hydrogen) atoms. The largest absolute Gasteiger partial charge is 0.496 e. The first-order valence-corrected chi connectivity index (χ1v) is 4.63. The predicted molar refractivity (Wildman–Crippen MR) is 59.7 cm³/mol. The van der Waals surface area contributed by atoms with Crippen LogP contribution >= 0.6 is 0 Å². The van der Waals surface area contributed by atoms with Crippen LogP contribution in [0.15, 0.2) is 49.6 Å². The fourth-order valence-corrected chi connectivity index (χ4v) is 1.44. The van der Waals surface area contributed by atoms with E-state index in [0.29, 0.717) is 0 Å². The number of imidazole rings is 1. The van der Waals surface area contributed by atoms with Crippen LogP contribution in [-0.4, -0.2) is 16.7 Å². The molecule has 0 fully saturated rings. The third kappa shape index (κ3) is 1.76. The van der Waals surface area contributed by atoms with E-state index in [4.69, 9.17) is 4.74 Å². The number of ether oxygens (including phenoxy) is 1. The standard InChI is InChI=1S/C12H12N2O/c1-10(14-8-7-13-9-14)11-5-3-4-6-12(11)15-2/h3-9H,1H2,2H3. The van der Waals surface area contributed by atoms with Crippen molar-refractivity contribution in [1.29, 1.82) is 0 Å². The van der Waals surface area contributed by atoms with Gasteiger partial charge in [0, 0.05) is 18.0 Å². The number of rotatable bonds is 3. The van der Waals surface area contributed by atoms with Gasteiger partial charge in [-0.3, -0.25) is 0 Å². The summed E-state index contributed by atoms with van der Waals surface area (Å²) in [5, 5.41) is 0. The number of methoxy groups -OCH3 is 1. The SMILES string of the molecule is C=C(c1ccccc1OC)n1ccnc1. The van der Waals surface area contributed by atoms with Crippen molar-refractivity contribution >= 4 is 5.70 Å². The van der Waals surface area contributed by atoms with Crippen LogP contribution in [-0.2, 0) is 0 Å². The van der Waals surface area contributed by atoms with Gasteiger partial charge in [-0.15, -0.1) is 0 Å². The first-order chi connectivity index (χ1) is 7.33. The number of hydrogen-bond donors (Lipinski definition) is 0. The molecule has 0 aliphatic heterocycles. The summed E-state index contributed by atoms with van der Waals surface area (Å²) >= 11 is 0. The van der Waals surface area contributed by atoms with E-state index in [1.165, 1.54) is 0 Å². The molecule has 0 amide bonds. The van der Waals surface area contributed by atoms with Gasteiger partial charge in [0.15, 0.2) is 0 Å². The Morgan fingerprint density at radius 1 is 1.40 bits per heavy atom. The number of hydrogen-bond acceptors (Lipinski definition) is 2. The summed E-state index contributed by atoms with van der Waals surface area (Å²) in [6, 6.07) is 7.78. The van der Waals surface area contributed by atoms with Gasteiger partial charge in [-0.25, -0.2) is 4.98 Å². The molecule has 0 aliphatic carbocycles. The zero-order chi connectivity index (χ0) is 10.7. The number of benzene rings is 1. The molecule has 76 valence electrons. The van der Waals surface area contributed by atoms with Crippen molar-refractivity contribution in [2.75, 3.05) is 7.11 Å². The third-order valence-corrected chi connectivity index (χ3v) is 2.23. The molecule has 0 saturated carbocycles. The topological polar surface area (TPSA) is 27.1 Å². The van der Waals surface area contributed by atoms with Crippen molar-refractivity contribution in [3.05, 3.63) is 55.1 Å². The summed E-state index contributed by atoms with van der Waals surface area (Å²) in [6.07, 6.45) is 5.30. The highest BCUT2D eigenvalue weighted by Crippen LogP contribution is 2.25. The van der Waals surface area contributed by atoms with Gasteiger partial charge in [-0.2, -0.15) is 0 Å². The van der Waals surface area contributed by atoms with Gasteiger partial charge in [0.25, 0.3) is 0 Å². The zero-order valence-corrected chi connectivity index (χ0v) is 8.55. The Morgan fingerprint density at radius 2 is 2.20 bits per heavy atom. The van der Waals surface area contributed by atoms with E-state index in [-0.39, 0.29) is 0 Å². The second-order valence-corrected chi connectivity index (χ2v) is 3.12. The highest BCUT2D eigenvalue weighted by atomic mass is 16.5. The fourth-order valence-electron chi connectivity index (χ4n) is 1.44. The third-order valence-electron chi connectivity index (χ3n) is 2.23. The second-order valence-electron chi connectivity index (χ2n) is 3.12. The number of nitrogens with zero attached hydrogens (tertiary/aromatic N) is 2. The maximum atomic E-state index is 5.27. The van der Waals surface area contributed by atoms with Crippen molar-refractivity contribution in [2.45, 2.75) is 0 Å². The second kappa shape index (κ2) is 4.00.